The summed E-state index contributed by atoms with van der Waals surface area (Å²) in [5.74, 6) is 0.183. The zero-order valence-corrected chi connectivity index (χ0v) is 7.60. The van der Waals surface area contributed by atoms with Crippen LogP contribution in [0.15, 0.2) is 15.8 Å². The minimum Gasteiger partial charge on any atom is -0.361 e. The molecule has 1 aromatic heterocycles. The number of hydrogen-bond acceptors (Lipinski definition) is 4. The van der Waals surface area contributed by atoms with E-state index >= 15 is 0 Å². The van der Waals surface area contributed by atoms with Crippen LogP contribution in [-0.4, -0.2) is 24.2 Å². The highest BCUT2D eigenvalue weighted by molar-refractivity contribution is 5.94. The van der Waals surface area contributed by atoms with Gasteiger partial charge in [0.25, 0.3) is 5.91 Å². The second-order valence-electron chi connectivity index (χ2n) is 2.51. The van der Waals surface area contributed by atoms with Gasteiger partial charge in [0.05, 0.1) is 6.20 Å². The van der Waals surface area contributed by atoms with Gasteiger partial charge >= 0.3 is 0 Å². The third-order valence-corrected chi connectivity index (χ3v) is 1.56. The van der Waals surface area contributed by atoms with Crippen molar-refractivity contribution in [1.82, 2.24) is 10.5 Å². The molecule has 0 aliphatic heterocycles. The summed E-state index contributed by atoms with van der Waals surface area (Å²) in [5.41, 5.74) is 8.37. The molecule has 1 rings (SSSR count). The summed E-state index contributed by atoms with van der Waals surface area (Å²) in [7, 11) is 0. The van der Waals surface area contributed by atoms with Gasteiger partial charge in [-0.2, -0.15) is 0 Å². The molecule has 0 saturated heterocycles. The number of amides is 1. The van der Waals surface area contributed by atoms with E-state index in [-0.39, 0.29) is 12.5 Å². The molecular formula is C7H9N5O2. The Kier molecular flexibility index (Phi) is 3.51. The van der Waals surface area contributed by atoms with Crippen molar-refractivity contribution in [2.24, 2.45) is 5.11 Å². The molecule has 0 aromatic carbocycles. The quantitative estimate of drug-likeness (QED) is 0.335. The predicted octanol–water partition coefficient (Wildman–Crippen LogP) is 1.02. The van der Waals surface area contributed by atoms with Gasteiger partial charge in [0.15, 0.2) is 0 Å². The lowest BCUT2D eigenvalue weighted by molar-refractivity contribution is 0.0953. The fraction of sp³-hybridized carbons (Fsp3) is 0.429. The summed E-state index contributed by atoms with van der Waals surface area (Å²) >= 11 is 0. The lowest BCUT2D eigenvalue weighted by atomic mass is 10.2. The molecule has 0 atom stereocenters. The SMILES string of the molecule is Cc1oncc1C(=O)NCCN=[N+]=[N-]. The van der Waals surface area contributed by atoms with E-state index in [0.29, 0.717) is 17.9 Å². The number of aryl methyl sites for hydroxylation is 1. The third-order valence-electron chi connectivity index (χ3n) is 1.56. The summed E-state index contributed by atoms with van der Waals surface area (Å²) in [4.78, 5) is 13.9. The number of nitrogens with zero attached hydrogens (tertiary/aromatic N) is 4. The maximum Gasteiger partial charge on any atom is 0.256 e. The van der Waals surface area contributed by atoms with Crippen LogP contribution in [0.2, 0.25) is 0 Å². The monoisotopic (exact) mass is 195 g/mol. The Bertz CT molecular complexity index is 366. The first-order chi connectivity index (χ1) is 6.75. The number of hydrogen-bond donors (Lipinski definition) is 1. The van der Waals surface area contributed by atoms with Gasteiger partial charge < -0.3 is 9.84 Å². The summed E-state index contributed by atoms with van der Waals surface area (Å²) in [6.45, 7) is 2.18. The van der Waals surface area contributed by atoms with Crippen LogP contribution >= 0.6 is 0 Å². The molecular weight excluding hydrogens is 186 g/mol. The first-order valence-corrected chi connectivity index (χ1v) is 3.96. The van der Waals surface area contributed by atoms with E-state index in [1.165, 1.54) is 6.20 Å². The molecule has 1 amide bonds. The number of carbonyl (C=O) groups is 1. The summed E-state index contributed by atoms with van der Waals surface area (Å²) in [6, 6.07) is 0. The van der Waals surface area contributed by atoms with E-state index in [0.717, 1.165) is 0 Å². The van der Waals surface area contributed by atoms with Crippen LogP contribution in [0.4, 0.5) is 0 Å². The van der Waals surface area contributed by atoms with Crippen LogP contribution in [0.25, 0.3) is 10.4 Å². The molecule has 7 heteroatoms. The van der Waals surface area contributed by atoms with E-state index in [2.05, 4.69) is 20.5 Å². The smallest absolute Gasteiger partial charge is 0.256 e. The van der Waals surface area contributed by atoms with Gasteiger partial charge in [-0.1, -0.05) is 10.3 Å². The van der Waals surface area contributed by atoms with E-state index in [1.54, 1.807) is 6.92 Å². The highest BCUT2D eigenvalue weighted by Crippen LogP contribution is 2.04. The fourth-order valence-electron chi connectivity index (χ4n) is 0.876. The second-order valence-corrected chi connectivity index (χ2v) is 2.51. The van der Waals surface area contributed by atoms with Crippen molar-refractivity contribution in [3.63, 3.8) is 0 Å². The van der Waals surface area contributed by atoms with Crippen LogP contribution in [0.3, 0.4) is 0 Å². The largest absolute Gasteiger partial charge is 0.361 e. The molecule has 14 heavy (non-hydrogen) atoms. The molecule has 0 saturated carbocycles. The summed E-state index contributed by atoms with van der Waals surface area (Å²) < 4.78 is 4.72. The van der Waals surface area contributed by atoms with Crippen molar-refractivity contribution < 1.29 is 9.32 Å². The molecule has 0 fully saturated rings. The standard InChI is InChI=1S/C7H9N5O2/c1-5-6(4-11-14-5)7(13)9-2-3-10-12-8/h4H,2-3H2,1H3,(H,9,13). The predicted molar refractivity (Wildman–Crippen MR) is 47.6 cm³/mol. The average Bonchev–Trinajstić information content (AvgIpc) is 2.59. The molecule has 0 aliphatic carbocycles. The Morgan fingerprint density at radius 1 is 1.86 bits per heavy atom. The minimum absolute atomic E-state index is 0.229. The molecule has 0 radical (unpaired) electrons. The minimum atomic E-state index is -0.281. The average molecular weight is 195 g/mol. The second kappa shape index (κ2) is 4.88. The number of azide groups is 1. The highest BCUT2D eigenvalue weighted by atomic mass is 16.5. The Hall–Kier alpha value is -2.01. The molecule has 1 N–H and O–H groups in total. The fourth-order valence-corrected chi connectivity index (χ4v) is 0.876. The topological polar surface area (TPSA) is 104 Å². The molecule has 7 nitrogen and oxygen atoms in total. The van der Waals surface area contributed by atoms with E-state index in [4.69, 9.17) is 10.1 Å². The molecule has 1 heterocycles. The van der Waals surface area contributed by atoms with Crippen LogP contribution in [0, 0.1) is 6.92 Å². The highest BCUT2D eigenvalue weighted by Gasteiger charge is 2.11. The van der Waals surface area contributed by atoms with E-state index < -0.39 is 0 Å². The van der Waals surface area contributed by atoms with Gasteiger partial charge in [-0.05, 0) is 12.5 Å². The molecule has 0 spiro atoms. The molecule has 1 aromatic rings. The Morgan fingerprint density at radius 3 is 3.21 bits per heavy atom. The van der Waals surface area contributed by atoms with E-state index in [1.807, 2.05) is 0 Å². The first kappa shape index (κ1) is 10.1. The summed E-state index contributed by atoms with van der Waals surface area (Å²) in [6.07, 6.45) is 1.35. The first-order valence-electron chi connectivity index (χ1n) is 3.96. The molecule has 74 valence electrons. The number of carbonyl (C=O) groups excluding carboxylic acids is 1. The molecule has 0 unspecified atom stereocenters. The van der Waals surface area contributed by atoms with Crippen molar-refractivity contribution >= 4 is 5.91 Å². The zero-order chi connectivity index (χ0) is 10.4. The van der Waals surface area contributed by atoms with E-state index in [9.17, 15) is 4.79 Å². The van der Waals surface area contributed by atoms with Gasteiger partial charge in [-0.25, -0.2) is 0 Å². The Labute approximate surface area is 79.7 Å². The lowest BCUT2D eigenvalue weighted by Gasteiger charge is -1.99. The van der Waals surface area contributed by atoms with Crippen molar-refractivity contribution in [2.75, 3.05) is 13.1 Å². The Balaban J connectivity index is 2.43. The Morgan fingerprint density at radius 2 is 2.64 bits per heavy atom. The van der Waals surface area contributed by atoms with Crippen LogP contribution in [-0.2, 0) is 0 Å². The van der Waals surface area contributed by atoms with Gasteiger partial charge in [-0.3, -0.25) is 4.79 Å². The van der Waals surface area contributed by atoms with Gasteiger partial charge in [0.1, 0.15) is 11.3 Å². The van der Waals surface area contributed by atoms with Crippen molar-refractivity contribution in [3.05, 3.63) is 28.0 Å². The van der Waals surface area contributed by atoms with Crippen molar-refractivity contribution in [1.29, 1.82) is 0 Å². The van der Waals surface area contributed by atoms with Crippen LogP contribution in [0.1, 0.15) is 16.1 Å². The van der Waals surface area contributed by atoms with Crippen molar-refractivity contribution in [3.8, 4) is 0 Å². The third kappa shape index (κ3) is 2.49. The van der Waals surface area contributed by atoms with Gasteiger partial charge in [-0.15, -0.1) is 0 Å². The maximum atomic E-state index is 11.3. The normalized spacial score (nSPS) is 9.21. The number of rotatable bonds is 4. The van der Waals surface area contributed by atoms with Gasteiger partial charge in [0, 0.05) is 18.0 Å². The molecule has 0 bridgehead atoms. The van der Waals surface area contributed by atoms with Crippen LogP contribution < -0.4 is 5.32 Å². The van der Waals surface area contributed by atoms with Crippen LogP contribution in [0.5, 0.6) is 0 Å². The zero-order valence-electron chi connectivity index (χ0n) is 7.60. The number of aromatic nitrogens is 1. The lowest BCUT2D eigenvalue weighted by Crippen LogP contribution is -2.26. The number of nitrogens with one attached hydrogen (secondary N) is 1. The molecule has 0 aliphatic rings. The van der Waals surface area contributed by atoms with Gasteiger partial charge in [0.2, 0.25) is 0 Å². The van der Waals surface area contributed by atoms with Crippen molar-refractivity contribution in [2.45, 2.75) is 6.92 Å². The summed E-state index contributed by atoms with van der Waals surface area (Å²) in [5, 5.41) is 9.30. The maximum absolute atomic E-state index is 11.3.